The summed E-state index contributed by atoms with van der Waals surface area (Å²) in [6.45, 7) is 3.45. The number of hydrogen-bond acceptors (Lipinski definition) is 10. The van der Waals surface area contributed by atoms with E-state index in [4.69, 9.17) is 15.5 Å². The topological polar surface area (TPSA) is 186 Å². The third kappa shape index (κ3) is 4.30. The molecule has 2 aliphatic heterocycles. The first-order valence-electron chi connectivity index (χ1n) is 13.1. The van der Waals surface area contributed by atoms with Gasteiger partial charge in [-0.25, -0.2) is 19.7 Å². The van der Waals surface area contributed by atoms with Crippen molar-refractivity contribution in [2.75, 3.05) is 17.7 Å². The van der Waals surface area contributed by atoms with E-state index < -0.39 is 6.09 Å². The van der Waals surface area contributed by atoms with Gasteiger partial charge in [-0.1, -0.05) is 0 Å². The van der Waals surface area contributed by atoms with Gasteiger partial charge in [0.1, 0.15) is 18.0 Å². The highest BCUT2D eigenvalue weighted by Crippen LogP contribution is 2.45. The minimum absolute atomic E-state index is 0.00608. The number of piperidine rings is 1. The van der Waals surface area contributed by atoms with Crippen LogP contribution in [0.2, 0.25) is 0 Å². The Bertz CT molecular complexity index is 1580. The smallest absolute Gasteiger partial charge is 0.412 e. The number of carbonyl (C=O) groups is 3. The van der Waals surface area contributed by atoms with Gasteiger partial charge in [0.2, 0.25) is 5.82 Å². The van der Waals surface area contributed by atoms with Gasteiger partial charge in [0.15, 0.2) is 11.4 Å². The predicted octanol–water partition coefficient (Wildman–Crippen LogP) is 2.81. The number of fused-ring (bicyclic) bond motifs is 3. The summed E-state index contributed by atoms with van der Waals surface area (Å²) >= 11 is 0. The van der Waals surface area contributed by atoms with Gasteiger partial charge >= 0.3 is 6.09 Å². The van der Waals surface area contributed by atoms with Crippen molar-refractivity contribution in [3.8, 4) is 11.1 Å². The number of nitrogens with zero attached hydrogens (tertiary/aromatic N) is 7. The van der Waals surface area contributed by atoms with Crippen molar-refractivity contribution in [3.05, 3.63) is 47.9 Å². The number of aromatic nitrogens is 7. The molecule has 40 heavy (non-hydrogen) atoms. The first kappa shape index (κ1) is 25.4. The lowest BCUT2D eigenvalue weighted by Gasteiger charge is -2.38. The predicted molar refractivity (Wildman–Crippen MR) is 143 cm³/mol. The van der Waals surface area contributed by atoms with Gasteiger partial charge in [-0.15, -0.1) is 0 Å². The van der Waals surface area contributed by atoms with Crippen LogP contribution in [-0.2, 0) is 4.74 Å². The van der Waals surface area contributed by atoms with Gasteiger partial charge in [0.25, 0.3) is 5.91 Å². The Morgan fingerprint density at radius 1 is 1.15 bits per heavy atom. The van der Waals surface area contributed by atoms with E-state index in [9.17, 15) is 14.4 Å². The average molecular weight is 545 g/mol. The second-order valence-electron chi connectivity index (χ2n) is 9.98. The minimum atomic E-state index is -0.586. The third-order valence-corrected chi connectivity index (χ3v) is 7.61. The molecule has 2 bridgehead atoms. The molecular weight excluding hydrogens is 516 g/mol. The monoisotopic (exact) mass is 544 g/mol. The van der Waals surface area contributed by atoms with Crippen molar-refractivity contribution in [1.29, 1.82) is 0 Å². The normalized spacial score (nSPS) is 20.1. The lowest BCUT2D eigenvalue weighted by Crippen LogP contribution is -2.46. The Kier molecular flexibility index (Phi) is 6.36. The van der Waals surface area contributed by atoms with Crippen molar-refractivity contribution in [1.82, 2.24) is 39.7 Å². The van der Waals surface area contributed by atoms with Gasteiger partial charge in [-0.05, 0) is 51.7 Å². The fraction of sp³-hybridized carbons (Fsp3) is 0.385. The number of rotatable bonds is 6. The molecule has 2 fully saturated rings. The number of ether oxygens (including phenoxy) is 1. The summed E-state index contributed by atoms with van der Waals surface area (Å²) in [5.74, 6) is 0.365. The first-order chi connectivity index (χ1) is 19.4. The molecule has 14 heteroatoms. The van der Waals surface area contributed by atoms with Crippen LogP contribution in [0.4, 0.5) is 16.4 Å². The van der Waals surface area contributed by atoms with Crippen molar-refractivity contribution in [3.63, 3.8) is 0 Å². The summed E-state index contributed by atoms with van der Waals surface area (Å²) in [5, 5.41) is 13.5. The van der Waals surface area contributed by atoms with Crippen molar-refractivity contribution in [2.24, 2.45) is 0 Å². The van der Waals surface area contributed by atoms with Crippen LogP contribution in [-0.4, -0.2) is 76.1 Å². The van der Waals surface area contributed by atoms with Crippen LogP contribution < -0.4 is 11.1 Å². The zero-order valence-electron chi connectivity index (χ0n) is 22.0. The maximum atomic E-state index is 13.1. The molecule has 14 nitrogen and oxygen atoms in total. The Labute approximate surface area is 228 Å². The highest BCUT2D eigenvalue weighted by molar-refractivity contribution is 6.00. The van der Waals surface area contributed by atoms with E-state index in [-0.39, 0.29) is 47.9 Å². The van der Waals surface area contributed by atoms with Crippen LogP contribution in [0.5, 0.6) is 0 Å². The summed E-state index contributed by atoms with van der Waals surface area (Å²) < 4.78 is 6.36. The maximum absolute atomic E-state index is 13.1. The van der Waals surface area contributed by atoms with Crippen LogP contribution >= 0.6 is 0 Å². The number of Topliss-reactive ketones (excluding diaryl/α,β-unsaturated/α-hetero) is 1. The highest BCUT2D eigenvalue weighted by atomic mass is 16.5. The Hall–Kier alpha value is -4.88. The molecule has 2 amide bonds. The molecule has 4 aromatic rings. The number of amides is 2. The first-order valence-corrected chi connectivity index (χ1v) is 13.1. The molecule has 206 valence electrons. The summed E-state index contributed by atoms with van der Waals surface area (Å²) in [5.41, 5.74) is 9.40. The Balaban J connectivity index is 1.34. The molecule has 6 rings (SSSR count). The molecule has 0 unspecified atom stereocenters. The molecule has 2 saturated heterocycles. The van der Waals surface area contributed by atoms with Crippen LogP contribution in [0, 0.1) is 0 Å². The number of nitrogens with two attached hydrogens (primary N) is 1. The molecule has 0 spiro atoms. The lowest BCUT2D eigenvalue weighted by molar-refractivity contribution is 0.0556. The van der Waals surface area contributed by atoms with E-state index in [1.165, 1.54) is 17.8 Å². The largest absolute Gasteiger partial charge is 0.450 e. The van der Waals surface area contributed by atoms with E-state index in [2.05, 4.69) is 30.6 Å². The van der Waals surface area contributed by atoms with Crippen molar-refractivity contribution < 1.29 is 19.1 Å². The van der Waals surface area contributed by atoms with Crippen molar-refractivity contribution in [2.45, 2.75) is 57.5 Å². The number of H-pyrrole nitrogens is 1. The molecule has 0 radical (unpaired) electrons. The van der Waals surface area contributed by atoms with E-state index in [0.29, 0.717) is 46.7 Å². The quantitative estimate of drug-likeness (QED) is 0.305. The van der Waals surface area contributed by atoms with E-state index >= 15 is 0 Å². The van der Waals surface area contributed by atoms with Gasteiger partial charge in [-0.3, -0.25) is 20.0 Å². The molecule has 0 aromatic carbocycles. The zero-order valence-corrected chi connectivity index (χ0v) is 22.0. The number of nitrogens with one attached hydrogen (secondary N) is 2. The second kappa shape index (κ2) is 10.0. The van der Waals surface area contributed by atoms with Gasteiger partial charge in [0.05, 0.1) is 24.1 Å². The number of nitrogen functional groups attached to an aromatic ring is 1. The number of anilines is 2. The van der Waals surface area contributed by atoms with Crippen molar-refractivity contribution >= 4 is 35.1 Å². The second-order valence-corrected chi connectivity index (χ2v) is 9.98. The van der Waals surface area contributed by atoms with Gasteiger partial charge in [0, 0.05) is 35.3 Å². The van der Waals surface area contributed by atoms with Crippen LogP contribution in [0.3, 0.4) is 0 Å². The van der Waals surface area contributed by atoms with E-state index in [1.807, 2.05) is 4.90 Å². The molecule has 0 aliphatic carbocycles. The highest BCUT2D eigenvalue weighted by Gasteiger charge is 2.45. The molecule has 4 N–H and O–H groups in total. The Morgan fingerprint density at radius 2 is 1.93 bits per heavy atom. The summed E-state index contributed by atoms with van der Waals surface area (Å²) in [6.07, 6.45) is 7.00. The van der Waals surface area contributed by atoms with Crippen LogP contribution in [0.25, 0.3) is 16.8 Å². The fourth-order valence-corrected chi connectivity index (χ4v) is 5.95. The minimum Gasteiger partial charge on any atom is -0.450 e. The molecule has 6 heterocycles. The number of hydrogen-bond donors (Lipinski definition) is 3. The Morgan fingerprint density at radius 3 is 2.55 bits per heavy atom. The standard InChI is InChI=1S/C26H28N10O4/c1-3-40-26(39)32-19-7-4-14(10-28-19)18-11-31-36-22(27)20(13(2)37)21(33-24(18)36)15-8-16-5-6-17(9-15)35(16)25(38)23-29-12-30-34-23/h4,7,10-12,15-17H,3,5-6,8-9,27H2,1-2H3,(H,28,32,39)(H,29,30,34)/t15-,16+,17-. The fourth-order valence-electron chi connectivity index (χ4n) is 5.95. The van der Waals surface area contributed by atoms with Gasteiger partial charge < -0.3 is 15.4 Å². The SMILES string of the molecule is CCOC(=O)Nc1ccc(-c2cnn3c(N)c(C(C)=O)c([C@H]4C[C@H]5CC[C@@H](C4)N5C(=O)c4ncn[nH]4)nc23)cn1. The number of aromatic amines is 1. The van der Waals surface area contributed by atoms with Gasteiger partial charge in [-0.2, -0.15) is 14.7 Å². The molecule has 2 aliphatic rings. The van der Waals surface area contributed by atoms with E-state index in [0.717, 1.165) is 12.8 Å². The molecule has 4 aromatic heterocycles. The molecule has 0 saturated carbocycles. The average Bonchev–Trinajstić information content (AvgIpc) is 3.67. The molecule has 3 atom stereocenters. The number of ketones is 1. The van der Waals surface area contributed by atoms with Crippen LogP contribution in [0.1, 0.15) is 72.1 Å². The summed E-state index contributed by atoms with van der Waals surface area (Å²) in [6, 6.07) is 3.43. The lowest BCUT2D eigenvalue weighted by atomic mass is 9.85. The zero-order chi connectivity index (χ0) is 28.0. The summed E-state index contributed by atoms with van der Waals surface area (Å²) in [4.78, 5) is 52.9. The summed E-state index contributed by atoms with van der Waals surface area (Å²) in [7, 11) is 0. The number of pyridine rings is 1. The third-order valence-electron chi connectivity index (χ3n) is 7.61. The van der Waals surface area contributed by atoms with E-state index in [1.54, 1.807) is 31.5 Å². The molecular formula is C26H28N10O4. The van der Waals surface area contributed by atoms with Crippen LogP contribution in [0.15, 0.2) is 30.9 Å². The maximum Gasteiger partial charge on any atom is 0.412 e. The number of carbonyl (C=O) groups excluding carboxylic acids is 3.